The molecule has 4 aliphatic carbocycles. The monoisotopic (exact) mass is 565 g/mol. The lowest BCUT2D eigenvalue weighted by molar-refractivity contribution is -0.274. The molecule has 1 unspecified atom stereocenters. The lowest BCUT2D eigenvalue weighted by Gasteiger charge is -2.62. The molecule has 0 bridgehead atoms. The summed E-state index contributed by atoms with van der Waals surface area (Å²) in [6.07, 6.45) is 4.24. The third kappa shape index (κ3) is 4.67. The maximum atomic E-state index is 13.8. The highest BCUT2D eigenvalue weighted by atomic mass is 19.4. The minimum atomic E-state index is -4.76. The molecule has 0 saturated heterocycles. The van der Waals surface area contributed by atoms with Crippen LogP contribution < -0.4 is 20.7 Å². The van der Waals surface area contributed by atoms with Crippen LogP contribution >= 0.6 is 0 Å². The van der Waals surface area contributed by atoms with Gasteiger partial charge in [0.05, 0.1) is 30.1 Å². The Morgan fingerprint density at radius 2 is 1.90 bits per heavy atom. The van der Waals surface area contributed by atoms with Gasteiger partial charge in [-0.3, -0.25) is 9.80 Å². The molecule has 0 aromatic heterocycles. The van der Waals surface area contributed by atoms with E-state index in [4.69, 9.17) is 4.74 Å². The minimum Gasteiger partial charge on any atom is -0.406 e. The van der Waals surface area contributed by atoms with Crippen molar-refractivity contribution in [3.05, 3.63) is 18.2 Å². The molecule has 222 valence electrons. The van der Waals surface area contributed by atoms with Crippen LogP contribution in [0.3, 0.4) is 0 Å². The molecule has 5 aliphatic rings. The summed E-state index contributed by atoms with van der Waals surface area (Å²) in [5.41, 5.74) is 6.35. The number of hydrogen-bond donors (Lipinski definition) is 3. The maximum Gasteiger partial charge on any atom is 0.573 e. The highest BCUT2D eigenvalue weighted by Gasteiger charge is 2.63. The number of alkyl halides is 3. The van der Waals surface area contributed by atoms with E-state index in [1.807, 2.05) is 14.0 Å². The number of benzene rings is 1. The molecule has 4 saturated carbocycles. The molecule has 6 rings (SSSR count). The first-order chi connectivity index (χ1) is 18.9. The van der Waals surface area contributed by atoms with Crippen molar-refractivity contribution >= 4 is 17.2 Å². The number of nitrogens with one attached hydrogen (secondary N) is 2. The Kier molecular flexibility index (Phi) is 6.86. The van der Waals surface area contributed by atoms with Gasteiger partial charge in [0.1, 0.15) is 5.75 Å². The molecule has 0 radical (unpaired) electrons. The molecule has 4 fully saturated rings. The second kappa shape index (κ2) is 9.76. The van der Waals surface area contributed by atoms with E-state index in [1.54, 1.807) is 5.01 Å². The zero-order valence-corrected chi connectivity index (χ0v) is 23.7. The summed E-state index contributed by atoms with van der Waals surface area (Å²) in [7, 11) is 1.81. The number of carbonyl (C=O) groups is 1. The summed E-state index contributed by atoms with van der Waals surface area (Å²) in [6, 6.07) is 4.09. The number of aliphatic hydroxyl groups is 1. The SMILES string of the molecule is COCC12CC[C@@](C)(O)C[C@@H]1CC[C@@H]1[C@@H]2CC[C@]2(C)[C@@H](C(=O)CN3NNc4cc(OC(F)(F)F)ccc43)CC[C@@H]12. The quantitative estimate of drug-likeness (QED) is 0.400. The van der Waals surface area contributed by atoms with Crippen LogP contribution in [0.25, 0.3) is 0 Å². The van der Waals surface area contributed by atoms with Crippen molar-refractivity contribution in [3.63, 3.8) is 0 Å². The van der Waals surface area contributed by atoms with Gasteiger partial charge in [0.2, 0.25) is 0 Å². The maximum absolute atomic E-state index is 13.8. The number of hydrogen-bond acceptors (Lipinski definition) is 7. The summed E-state index contributed by atoms with van der Waals surface area (Å²) >= 11 is 0. The predicted octanol–water partition coefficient (Wildman–Crippen LogP) is 5.84. The Bertz CT molecular complexity index is 1150. The molecule has 0 amide bonds. The van der Waals surface area contributed by atoms with E-state index >= 15 is 0 Å². The third-order valence-corrected chi connectivity index (χ3v) is 11.6. The Morgan fingerprint density at radius 3 is 2.65 bits per heavy atom. The van der Waals surface area contributed by atoms with Crippen molar-refractivity contribution in [3.8, 4) is 5.75 Å². The van der Waals surface area contributed by atoms with Crippen molar-refractivity contribution < 1.29 is 32.5 Å². The van der Waals surface area contributed by atoms with Gasteiger partial charge in [-0.2, -0.15) is 0 Å². The van der Waals surface area contributed by atoms with Gasteiger partial charge in [-0.25, -0.2) is 0 Å². The number of halogens is 3. The number of ether oxygens (including phenoxy) is 2. The summed E-state index contributed by atoms with van der Waals surface area (Å²) < 4.78 is 47.8. The highest BCUT2D eigenvalue weighted by Crippen LogP contribution is 2.68. The van der Waals surface area contributed by atoms with Crippen molar-refractivity contribution in [1.29, 1.82) is 0 Å². The minimum absolute atomic E-state index is 0.0414. The number of methoxy groups -OCH3 is 1. The van der Waals surface area contributed by atoms with Crippen LogP contribution in [0.5, 0.6) is 5.75 Å². The average Bonchev–Trinajstić information content (AvgIpc) is 3.43. The molecule has 1 aliphatic heterocycles. The van der Waals surface area contributed by atoms with Gasteiger partial charge in [0, 0.05) is 19.1 Å². The van der Waals surface area contributed by atoms with E-state index in [1.165, 1.54) is 18.2 Å². The molecule has 1 aromatic rings. The van der Waals surface area contributed by atoms with E-state index < -0.39 is 12.0 Å². The molecule has 1 aromatic carbocycles. The fraction of sp³-hybridized carbons (Fsp3) is 0.767. The van der Waals surface area contributed by atoms with Crippen molar-refractivity contribution in [2.24, 2.45) is 40.4 Å². The number of fused-ring (bicyclic) bond motifs is 6. The van der Waals surface area contributed by atoms with Gasteiger partial charge < -0.3 is 20.0 Å². The lowest BCUT2D eigenvalue weighted by atomic mass is 9.43. The summed E-state index contributed by atoms with van der Waals surface area (Å²) in [5, 5.41) is 12.6. The largest absolute Gasteiger partial charge is 0.573 e. The number of nitrogens with zero attached hydrogens (tertiary/aromatic N) is 1. The Balaban J connectivity index is 1.16. The molecule has 40 heavy (non-hydrogen) atoms. The van der Waals surface area contributed by atoms with Crippen LogP contribution in [0, 0.1) is 40.4 Å². The number of Topliss-reactive ketones (excluding diaryl/α,β-unsaturated/α-hetero) is 1. The third-order valence-electron chi connectivity index (χ3n) is 11.6. The van der Waals surface area contributed by atoms with Crippen molar-refractivity contribution in [2.75, 3.05) is 30.7 Å². The second-order valence-corrected chi connectivity index (χ2v) is 13.7. The van der Waals surface area contributed by atoms with Gasteiger partial charge >= 0.3 is 6.36 Å². The van der Waals surface area contributed by atoms with Gasteiger partial charge in [0.25, 0.3) is 0 Å². The smallest absolute Gasteiger partial charge is 0.406 e. The van der Waals surface area contributed by atoms with E-state index in [0.29, 0.717) is 35.0 Å². The molecule has 0 spiro atoms. The van der Waals surface area contributed by atoms with Gasteiger partial charge in [0.15, 0.2) is 5.78 Å². The molecule has 7 nitrogen and oxygen atoms in total. The van der Waals surface area contributed by atoms with Crippen LogP contribution in [-0.2, 0) is 9.53 Å². The Morgan fingerprint density at radius 1 is 1.10 bits per heavy atom. The molecule has 8 atom stereocenters. The normalized spacial score (nSPS) is 40.5. The number of rotatable bonds is 6. The van der Waals surface area contributed by atoms with Crippen LogP contribution in [-0.4, -0.2) is 43.1 Å². The zero-order chi connectivity index (χ0) is 28.5. The first kappa shape index (κ1) is 28.1. The van der Waals surface area contributed by atoms with E-state index in [2.05, 4.69) is 22.6 Å². The fourth-order valence-electron chi connectivity index (χ4n) is 9.94. The first-order valence-corrected chi connectivity index (χ1v) is 14.8. The van der Waals surface area contributed by atoms with Crippen LogP contribution in [0.1, 0.15) is 71.6 Å². The predicted molar refractivity (Wildman–Crippen MR) is 144 cm³/mol. The first-order valence-electron chi connectivity index (χ1n) is 14.8. The van der Waals surface area contributed by atoms with Crippen LogP contribution in [0.2, 0.25) is 0 Å². The Hall–Kier alpha value is -2.04. The molecule has 3 N–H and O–H groups in total. The van der Waals surface area contributed by atoms with Gasteiger partial charge in [-0.1, -0.05) is 6.92 Å². The van der Waals surface area contributed by atoms with E-state index in [0.717, 1.165) is 64.4 Å². The average molecular weight is 566 g/mol. The topological polar surface area (TPSA) is 83.1 Å². The van der Waals surface area contributed by atoms with E-state index in [9.17, 15) is 23.1 Å². The standard InChI is InChI=1S/C30H42F3N3O4/c1-27(38)12-13-29(17-39-3)18(15-27)4-6-20-21-7-8-23(28(21,2)11-10-22(20)29)26(37)16-36-25-9-5-19(40-30(31,32)33)14-24(25)34-35-36/h5,9,14,18,20-23,34-35,38H,4,6-8,10-13,15-17H2,1-3H3/t18-,20-,21-,22-,23+,27+,28-,29?/m0/s1. The second-order valence-electron chi connectivity index (χ2n) is 13.7. The molecular weight excluding hydrogens is 523 g/mol. The zero-order valence-electron chi connectivity index (χ0n) is 23.7. The van der Waals surface area contributed by atoms with Crippen molar-refractivity contribution in [2.45, 2.75) is 83.6 Å². The fourth-order valence-corrected chi connectivity index (χ4v) is 9.94. The number of ketones is 1. The highest BCUT2D eigenvalue weighted by molar-refractivity contribution is 5.89. The Labute approximate surface area is 234 Å². The van der Waals surface area contributed by atoms with Crippen LogP contribution in [0.4, 0.5) is 24.5 Å². The number of hydrazine groups is 2. The molecular formula is C30H42F3N3O4. The number of carbonyl (C=O) groups excluding carboxylic acids is 1. The van der Waals surface area contributed by atoms with Crippen molar-refractivity contribution in [1.82, 2.24) is 5.53 Å². The number of anilines is 2. The molecule has 10 heteroatoms. The van der Waals surface area contributed by atoms with Crippen LogP contribution in [0.15, 0.2) is 18.2 Å². The lowest BCUT2D eigenvalue weighted by Crippen LogP contribution is -2.58. The summed E-state index contributed by atoms with van der Waals surface area (Å²) in [5.74, 6) is 1.95. The van der Waals surface area contributed by atoms with Gasteiger partial charge in [-0.05, 0) is 111 Å². The van der Waals surface area contributed by atoms with Gasteiger partial charge in [-0.15, -0.1) is 18.7 Å². The summed E-state index contributed by atoms with van der Waals surface area (Å²) in [6.45, 7) is 5.21. The molecule has 1 heterocycles. The summed E-state index contributed by atoms with van der Waals surface area (Å²) in [4.78, 5) is 13.8. The van der Waals surface area contributed by atoms with E-state index in [-0.39, 0.29) is 34.8 Å².